The van der Waals surface area contributed by atoms with Gasteiger partial charge in [0.2, 0.25) is 5.62 Å². The highest BCUT2D eigenvalue weighted by molar-refractivity contribution is 5.97. The molecule has 0 amide bonds. The Bertz CT molecular complexity index is 1610. The largest absolute Gasteiger partial charge is 0.507 e. The molecule has 7 heteroatoms. The van der Waals surface area contributed by atoms with E-state index in [1.807, 2.05) is 76.4 Å². The van der Waals surface area contributed by atoms with Crippen molar-refractivity contribution in [3.63, 3.8) is 0 Å². The molecule has 0 bridgehead atoms. The number of imidazole rings is 1. The van der Waals surface area contributed by atoms with Crippen LogP contribution in [0.5, 0.6) is 5.75 Å². The number of carbonyl (C=O) groups is 2. The fourth-order valence-electron chi connectivity index (χ4n) is 4.98. The van der Waals surface area contributed by atoms with Gasteiger partial charge in [-0.25, -0.2) is 4.79 Å². The second-order valence-electron chi connectivity index (χ2n) is 12.2. The number of hydrogen-bond acceptors (Lipinski definition) is 5. The summed E-state index contributed by atoms with van der Waals surface area (Å²) in [4.78, 5) is 26.0. The highest BCUT2D eigenvalue weighted by Crippen LogP contribution is 2.40. The quantitative estimate of drug-likeness (QED) is 0.211. The molecular weight excluding hydrogens is 502 g/mol. The molecule has 0 atom stereocenters. The predicted octanol–water partition coefficient (Wildman–Crippen LogP) is 6.33. The van der Waals surface area contributed by atoms with Crippen molar-refractivity contribution in [3.05, 3.63) is 94.1 Å². The molecule has 0 fully saturated rings. The van der Waals surface area contributed by atoms with Gasteiger partial charge in [-0.2, -0.15) is 0 Å². The molecule has 0 unspecified atom stereocenters. The Morgan fingerprint density at radius 3 is 1.95 bits per heavy atom. The standard InChI is InChI=1S/C33H39N3O4/c1-8-40-30(39)22-13-11-12-21(16-22)19-35-26-14-9-10-15-27(26)36(31(35)34)20-28(37)23-17-24(32(2,3)4)29(38)25(18-23)33(5,6)7/h9-18,34,38H,8,19-20H2,1-7H3. The van der Waals surface area contributed by atoms with Crippen molar-refractivity contribution in [1.82, 2.24) is 9.13 Å². The monoisotopic (exact) mass is 541 g/mol. The van der Waals surface area contributed by atoms with E-state index in [0.717, 1.165) is 27.7 Å². The van der Waals surface area contributed by atoms with Crippen LogP contribution >= 0.6 is 0 Å². The van der Waals surface area contributed by atoms with Crippen LogP contribution in [0.2, 0.25) is 0 Å². The normalized spacial score (nSPS) is 12.1. The van der Waals surface area contributed by atoms with E-state index in [4.69, 9.17) is 10.1 Å². The topological polar surface area (TPSA) is 97.3 Å². The Morgan fingerprint density at radius 2 is 1.40 bits per heavy atom. The number of aromatic hydroxyl groups is 1. The number of benzene rings is 3. The molecule has 0 spiro atoms. The van der Waals surface area contributed by atoms with E-state index in [1.54, 1.807) is 41.8 Å². The first kappa shape index (κ1) is 28.9. The molecule has 1 aromatic heterocycles. The van der Waals surface area contributed by atoms with E-state index in [0.29, 0.717) is 24.3 Å². The molecular formula is C33H39N3O4. The molecule has 1 heterocycles. The third kappa shape index (κ3) is 5.74. The summed E-state index contributed by atoms with van der Waals surface area (Å²) in [5.74, 6) is -0.291. The van der Waals surface area contributed by atoms with Crippen molar-refractivity contribution in [2.75, 3.05) is 6.61 Å². The first-order valence-electron chi connectivity index (χ1n) is 13.6. The van der Waals surface area contributed by atoms with Crippen LogP contribution in [-0.4, -0.2) is 32.6 Å². The van der Waals surface area contributed by atoms with Gasteiger partial charge in [-0.1, -0.05) is 65.8 Å². The minimum Gasteiger partial charge on any atom is -0.507 e. The lowest BCUT2D eigenvalue weighted by Crippen LogP contribution is -2.28. The highest BCUT2D eigenvalue weighted by Gasteiger charge is 2.28. The van der Waals surface area contributed by atoms with Crippen LogP contribution in [0.25, 0.3) is 11.0 Å². The Labute approximate surface area is 235 Å². The van der Waals surface area contributed by atoms with Gasteiger partial charge in [0.1, 0.15) is 5.75 Å². The van der Waals surface area contributed by atoms with E-state index in [-0.39, 0.29) is 40.5 Å². The van der Waals surface area contributed by atoms with Crippen LogP contribution < -0.4 is 5.62 Å². The van der Waals surface area contributed by atoms with Crippen LogP contribution in [-0.2, 0) is 28.7 Å². The van der Waals surface area contributed by atoms with Crippen molar-refractivity contribution in [1.29, 1.82) is 5.41 Å². The number of aromatic nitrogens is 2. The van der Waals surface area contributed by atoms with Crippen LogP contribution in [0.15, 0.2) is 60.7 Å². The van der Waals surface area contributed by atoms with Crippen LogP contribution in [0.3, 0.4) is 0 Å². The molecule has 0 saturated heterocycles. The molecule has 4 aromatic rings. The molecule has 0 aliphatic rings. The number of esters is 1. The molecule has 2 N–H and O–H groups in total. The maximum Gasteiger partial charge on any atom is 0.338 e. The lowest BCUT2D eigenvalue weighted by molar-refractivity contribution is 0.0526. The summed E-state index contributed by atoms with van der Waals surface area (Å²) in [5, 5.41) is 20.1. The summed E-state index contributed by atoms with van der Waals surface area (Å²) in [7, 11) is 0. The summed E-state index contributed by atoms with van der Waals surface area (Å²) >= 11 is 0. The van der Waals surface area contributed by atoms with Gasteiger partial charge < -0.3 is 19.0 Å². The Hall–Kier alpha value is -4.13. The zero-order valence-corrected chi connectivity index (χ0v) is 24.5. The minimum absolute atomic E-state index is 0.0207. The number of rotatable bonds is 7. The summed E-state index contributed by atoms with van der Waals surface area (Å²) < 4.78 is 8.70. The fraction of sp³-hybridized carbons (Fsp3) is 0.364. The van der Waals surface area contributed by atoms with Gasteiger partial charge in [-0.05, 0) is 59.7 Å². The predicted molar refractivity (Wildman–Crippen MR) is 157 cm³/mol. The molecule has 40 heavy (non-hydrogen) atoms. The van der Waals surface area contributed by atoms with Crippen molar-refractivity contribution >= 4 is 22.8 Å². The molecule has 0 aliphatic carbocycles. The molecule has 210 valence electrons. The number of nitrogens with one attached hydrogen (secondary N) is 1. The van der Waals surface area contributed by atoms with E-state index < -0.39 is 0 Å². The van der Waals surface area contributed by atoms with Crippen molar-refractivity contribution in [2.45, 2.75) is 72.4 Å². The average Bonchev–Trinajstić information content (AvgIpc) is 3.13. The number of nitrogens with zero attached hydrogens (tertiary/aromatic N) is 2. The second kappa shape index (κ2) is 10.8. The van der Waals surface area contributed by atoms with Crippen molar-refractivity contribution in [2.24, 2.45) is 0 Å². The van der Waals surface area contributed by atoms with E-state index in [9.17, 15) is 14.7 Å². The summed E-state index contributed by atoms with van der Waals surface area (Å²) in [6, 6.07) is 18.4. The lowest BCUT2D eigenvalue weighted by atomic mass is 9.78. The van der Waals surface area contributed by atoms with Gasteiger partial charge in [-0.15, -0.1) is 0 Å². The van der Waals surface area contributed by atoms with Gasteiger partial charge in [0.25, 0.3) is 0 Å². The number of Topliss-reactive ketones (excluding diaryl/α,β-unsaturated/α-hetero) is 1. The SMILES string of the molecule is CCOC(=O)c1cccc(Cn2c(=N)n(CC(=O)c3cc(C(C)(C)C)c(O)c(C(C)(C)C)c3)c3ccccc32)c1. The molecule has 7 nitrogen and oxygen atoms in total. The fourth-order valence-corrected chi connectivity index (χ4v) is 4.98. The summed E-state index contributed by atoms with van der Waals surface area (Å²) in [6.45, 7) is 14.5. The first-order chi connectivity index (χ1) is 18.7. The number of ether oxygens (including phenoxy) is 1. The van der Waals surface area contributed by atoms with Crippen molar-refractivity contribution < 1.29 is 19.4 Å². The van der Waals surface area contributed by atoms with Gasteiger partial charge >= 0.3 is 5.97 Å². The number of phenolic OH excluding ortho intramolecular Hbond substituents is 1. The molecule has 3 aromatic carbocycles. The van der Waals surface area contributed by atoms with Gasteiger partial charge in [0.05, 0.1) is 36.3 Å². The molecule has 0 aliphatic heterocycles. The van der Waals surface area contributed by atoms with E-state index in [1.165, 1.54) is 0 Å². The third-order valence-corrected chi connectivity index (χ3v) is 7.10. The van der Waals surface area contributed by atoms with Crippen LogP contribution in [0.1, 0.15) is 85.9 Å². The number of ketones is 1. The number of fused-ring (bicyclic) bond motifs is 1. The lowest BCUT2D eigenvalue weighted by Gasteiger charge is -2.28. The maximum atomic E-state index is 13.8. The number of phenols is 1. The third-order valence-electron chi connectivity index (χ3n) is 7.10. The van der Waals surface area contributed by atoms with Crippen molar-refractivity contribution in [3.8, 4) is 5.75 Å². The highest BCUT2D eigenvalue weighted by atomic mass is 16.5. The average molecular weight is 542 g/mol. The number of hydrogen-bond donors (Lipinski definition) is 2. The molecule has 4 rings (SSSR count). The Morgan fingerprint density at radius 1 is 0.825 bits per heavy atom. The van der Waals surface area contributed by atoms with E-state index >= 15 is 0 Å². The molecule has 0 saturated carbocycles. The summed E-state index contributed by atoms with van der Waals surface area (Å²) in [6.07, 6.45) is 0. The maximum absolute atomic E-state index is 13.8. The van der Waals surface area contributed by atoms with Crippen LogP contribution in [0.4, 0.5) is 0 Å². The van der Waals surface area contributed by atoms with Gasteiger partial charge in [-0.3, -0.25) is 10.2 Å². The Balaban J connectivity index is 1.76. The second-order valence-corrected chi connectivity index (χ2v) is 12.2. The minimum atomic E-state index is -0.383. The zero-order valence-electron chi connectivity index (χ0n) is 24.5. The number of carbonyl (C=O) groups excluding carboxylic acids is 2. The Kier molecular flexibility index (Phi) is 7.79. The first-order valence-corrected chi connectivity index (χ1v) is 13.6. The zero-order chi connectivity index (χ0) is 29.4. The van der Waals surface area contributed by atoms with Crippen LogP contribution in [0, 0.1) is 5.41 Å². The summed E-state index contributed by atoms with van der Waals surface area (Å²) in [5.41, 5.74) is 4.33. The van der Waals surface area contributed by atoms with Gasteiger partial charge in [0.15, 0.2) is 5.78 Å². The van der Waals surface area contributed by atoms with Gasteiger partial charge in [0, 0.05) is 16.7 Å². The number of para-hydroxylation sites is 2. The smallest absolute Gasteiger partial charge is 0.338 e. The van der Waals surface area contributed by atoms with E-state index in [2.05, 4.69) is 0 Å². The molecule has 0 radical (unpaired) electrons.